The Bertz CT molecular complexity index is 339. The van der Waals surface area contributed by atoms with Crippen molar-refractivity contribution in [3.63, 3.8) is 0 Å². The smallest absolute Gasteiger partial charge is 0.410 e. The molecule has 0 spiro atoms. The number of hydrogen-bond donors (Lipinski definition) is 1. The van der Waals surface area contributed by atoms with Crippen molar-refractivity contribution in [1.82, 2.24) is 4.90 Å². The van der Waals surface area contributed by atoms with Gasteiger partial charge in [-0.1, -0.05) is 13.0 Å². The van der Waals surface area contributed by atoms with E-state index in [1.807, 2.05) is 0 Å². The summed E-state index contributed by atoms with van der Waals surface area (Å²) in [6.45, 7) is 2.79. The van der Waals surface area contributed by atoms with Crippen LogP contribution in [0.3, 0.4) is 0 Å². The molecule has 82 valence electrons. The Balaban J connectivity index is 2.02. The van der Waals surface area contributed by atoms with Gasteiger partial charge in [-0.15, -0.1) is 0 Å². The minimum Gasteiger partial charge on any atom is -0.441 e. The third kappa shape index (κ3) is 1.03. The lowest BCUT2D eigenvalue weighted by Crippen LogP contribution is -2.39. The lowest BCUT2D eigenvalue weighted by Gasteiger charge is -2.27. The fourth-order valence-corrected chi connectivity index (χ4v) is 3.16. The number of amides is 1. The van der Waals surface area contributed by atoms with Crippen LogP contribution in [0.15, 0.2) is 11.6 Å². The third-order valence-corrected chi connectivity index (χ3v) is 3.83. The quantitative estimate of drug-likeness (QED) is 0.653. The molecule has 0 bridgehead atoms. The summed E-state index contributed by atoms with van der Waals surface area (Å²) in [7, 11) is 0. The van der Waals surface area contributed by atoms with Crippen molar-refractivity contribution in [3.05, 3.63) is 11.6 Å². The van der Waals surface area contributed by atoms with Gasteiger partial charge in [-0.3, -0.25) is 4.90 Å². The summed E-state index contributed by atoms with van der Waals surface area (Å²) in [5.41, 5.74) is 1.21. The molecule has 1 amide bonds. The van der Waals surface area contributed by atoms with Crippen LogP contribution >= 0.6 is 0 Å². The van der Waals surface area contributed by atoms with Gasteiger partial charge in [-0.05, 0) is 18.4 Å². The van der Waals surface area contributed by atoms with Gasteiger partial charge < -0.3 is 9.84 Å². The first kappa shape index (κ1) is 9.21. The molecule has 0 unspecified atom stereocenters. The molecule has 2 fully saturated rings. The highest BCUT2D eigenvalue weighted by molar-refractivity contribution is 5.73. The molecule has 0 aromatic heterocycles. The molecular formula is C11H15NO3. The maximum Gasteiger partial charge on any atom is 0.410 e. The summed E-state index contributed by atoms with van der Waals surface area (Å²) in [6, 6.07) is 0.0196. The molecule has 1 N–H and O–H groups in total. The molecule has 1 aliphatic carbocycles. The molecule has 2 aliphatic heterocycles. The van der Waals surface area contributed by atoms with Gasteiger partial charge in [-0.2, -0.15) is 0 Å². The number of carbonyl (C=O) groups excluding carboxylic acids is 1. The standard InChI is InChI=1S/C11H15NO3/c1-2-6-7-4-3-5-12-8(7)10(9(6)13)15-11(12)14/h4,6,8-10,13H,2-3,5H2,1H3/t6-,8-,9-,10+/m0/s1. The van der Waals surface area contributed by atoms with Gasteiger partial charge in [0.2, 0.25) is 0 Å². The molecule has 0 aromatic carbocycles. The second-order valence-corrected chi connectivity index (χ2v) is 4.48. The Morgan fingerprint density at radius 2 is 2.47 bits per heavy atom. The van der Waals surface area contributed by atoms with Crippen molar-refractivity contribution in [2.45, 2.75) is 38.0 Å². The molecule has 1 saturated carbocycles. The maximum atomic E-state index is 11.5. The van der Waals surface area contributed by atoms with Crippen LogP contribution in [-0.4, -0.2) is 40.9 Å². The maximum absolute atomic E-state index is 11.5. The first-order valence-electron chi connectivity index (χ1n) is 5.59. The Kier molecular flexibility index (Phi) is 1.83. The number of aliphatic hydroxyl groups excluding tert-OH is 1. The van der Waals surface area contributed by atoms with Crippen molar-refractivity contribution < 1.29 is 14.6 Å². The van der Waals surface area contributed by atoms with Gasteiger partial charge in [0, 0.05) is 12.5 Å². The van der Waals surface area contributed by atoms with E-state index in [-0.39, 0.29) is 24.2 Å². The summed E-state index contributed by atoms with van der Waals surface area (Å²) < 4.78 is 5.24. The predicted molar refractivity (Wildman–Crippen MR) is 53.3 cm³/mol. The largest absolute Gasteiger partial charge is 0.441 e. The molecular weight excluding hydrogens is 194 g/mol. The topological polar surface area (TPSA) is 49.8 Å². The SMILES string of the molecule is CC[C@H]1C2=CCCN3C(=O)O[C@@H]([C@H]1O)[C@H]23. The van der Waals surface area contributed by atoms with E-state index in [0.29, 0.717) is 0 Å². The molecule has 0 aromatic rings. The van der Waals surface area contributed by atoms with Gasteiger partial charge in [0.25, 0.3) is 0 Å². The molecule has 3 aliphatic rings. The Labute approximate surface area is 88.5 Å². The minimum atomic E-state index is -0.515. The number of hydrogen-bond acceptors (Lipinski definition) is 3. The van der Waals surface area contributed by atoms with Gasteiger partial charge in [0.1, 0.15) is 0 Å². The minimum absolute atomic E-state index is 0.0196. The Morgan fingerprint density at radius 3 is 3.20 bits per heavy atom. The summed E-state index contributed by atoms with van der Waals surface area (Å²) >= 11 is 0. The van der Waals surface area contributed by atoms with Crippen LogP contribution in [0.5, 0.6) is 0 Å². The molecule has 2 heterocycles. The molecule has 4 nitrogen and oxygen atoms in total. The number of aliphatic hydroxyl groups is 1. The molecule has 0 radical (unpaired) electrons. The summed E-state index contributed by atoms with van der Waals surface area (Å²) in [5, 5.41) is 10.1. The molecule has 15 heavy (non-hydrogen) atoms. The van der Waals surface area contributed by atoms with E-state index >= 15 is 0 Å². The summed E-state index contributed by atoms with van der Waals surface area (Å²) in [6.07, 6.45) is 2.87. The van der Waals surface area contributed by atoms with E-state index in [4.69, 9.17) is 4.74 Å². The van der Waals surface area contributed by atoms with Crippen molar-refractivity contribution >= 4 is 6.09 Å². The van der Waals surface area contributed by atoms with Gasteiger partial charge in [0.05, 0.1) is 12.1 Å². The summed E-state index contributed by atoms with van der Waals surface area (Å²) in [5.74, 6) is 0.177. The van der Waals surface area contributed by atoms with Gasteiger partial charge in [-0.25, -0.2) is 4.79 Å². The van der Waals surface area contributed by atoms with Crippen LogP contribution in [0.1, 0.15) is 19.8 Å². The summed E-state index contributed by atoms with van der Waals surface area (Å²) in [4.78, 5) is 13.3. The fraction of sp³-hybridized carbons (Fsp3) is 0.727. The van der Waals surface area contributed by atoms with Crippen LogP contribution in [0.4, 0.5) is 4.79 Å². The van der Waals surface area contributed by atoms with E-state index in [1.165, 1.54) is 5.57 Å². The van der Waals surface area contributed by atoms with E-state index < -0.39 is 6.10 Å². The van der Waals surface area contributed by atoms with Crippen molar-refractivity contribution in [1.29, 1.82) is 0 Å². The average molecular weight is 209 g/mol. The van der Waals surface area contributed by atoms with Crippen LogP contribution in [0, 0.1) is 5.92 Å². The second-order valence-electron chi connectivity index (χ2n) is 4.48. The normalized spacial score (nSPS) is 42.7. The lowest BCUT2D eigenvalue weighted by atomic mass is 9.94. The van der Waals surface area contributed by atoms with Crippen LogP contribution in [-0.2, 0) is 4.74 Å². The van der Waals surface area contributed by atoms with Crippen molar-refractivity contribution in [3.8, 4) is 0 Å². The van der Waals surface area contributed by atoms with Gasteiger partial charge >= 0.3 is 6.09 Å². The zero-order valence-electron chi connectivity index (χ0n) is 8.72. The first-order chi connectivity index (χ1) is 7.24. The second kappa shape index (κ2) is 2.98. The highest BCUT2D eigenvalue weighted by atomic mass is 16.6. The highest BCUT2D eigenvalue weighted by Crippen LogP contribution is 2.44. The Morgan fingerprint density at radius 1 is 1.67 bits per heavy atom. The Hall–Kier alpha value is -1.03. The van der Waals surface area contributed by atoms with E-state index in [1.54, 1.807) is 4.90 Å². The average Bonchev–Trinajstić information content (AvgIpc) is 2.70. The zero-order valence-corrected chi connectivity index (χ0v) is 8.72. The van der Waals surface area contributed by atoms with Gasteiger partial charge in [0.15, 0.2) is 6.10 Å². The van der Waals surface area contributed by atoms with Crippen LogP contribution in [0.2, 0.25) is 0 Å². The first-order valence-corrected chi connectivity index (χ1v) is 5.59. The number of nitrogens with zero attached hydrogens (tertiary/aromatic N) is 1. The van der Waals surface area contributed by atoms with Crippen LogP contribution < -0.4 is 0 Å². The monoisotopic (exact) mass is 209 g/mol. The molecule has 1 saturated heterocycles. The van der Waals surface area contributed by atoms with Crippen molar-refractivity contribution in [2.24, 2.45) is 5.92 Å². The number of ether oxygens (including phenoxy) is 1. The van der Waals surface area contributed by atoms with Crippen molar-refractivity contribution in [2.75, 3.05) is 6.54 Å². The highest BCUT2D eigenvalue weighted by Gasteiger charge is 2.56. The molecule has 4 heteroatoms. The number of carbonyl (C=O) groups is 1. The molecule has 3 rings (SSSR count). The predicted octanol–water partition coefficient (Wildman–Crippen LogP) is 0.907. The molecule has 4 atom stereocenters. The lowest BCUT2D eigenvalue weighted by molar-refractivity contribution is 0.0218. The fourth-order valence-electron chi connectivity index (χ4n) is 3.16. The van der Waals surface area contributed by atoms with E-state index in [9.17, 15) is 9.90 Å². The van der Waals surface area contributed by atoms with E-state index in [2.05, 4.69) is 13.0 Å². The zero-order chi connectivity index (χ0) is 10.6. The number of rotatable bonds is 1. The van der Waals surface area contributed by atoms with E-state index in [0.717, 1.165) is 19.4 Å². The third-order valence-electron chi connectivity index (χ3n) is 3.83. The van der Waals surface area contributed by atoms with Crippen LogP contribution in [0.25, 0.3) is 0 Å².